The lowest BCUT2D eigenvalue weighted by Crippen LogP contribution is -2.29. The number of rotatable bonds is 5. The molecule has 2 heteroatoms. The number of carbonyl (C=O) groups is 1. The van der Waals surface area contributed by atoms with Crippen molar-refractivity contribution < 1.29 is 4.79 Å². The van der Waals surface area contributed by atoms with Crippen LogP contribution in [0.5, 0.6) is 0 Å². The van der Waals surface area contributed by atoms with Crippen molar-refractivity contribution in [3.8, 4) is 0 Å². The lowest BCUT2D eigenvalue weighted by molar-refractivity contribution is 0.0903. The standard InChI is InChI=1S/C16H23NO/c1-3-14-6-8-15(9-7-14)16(18)13(2)12-17-10-4-5-11-17/h6-9,13H,3-5,10-12H2,1-2H3/t13-/m0/s1. The van der Waals surface area contributed by atoms with Gasteiger partial charge in [0.2, 0.25) is 0 Å². The van der Waals surface area contributed by atoms with Gasteiger partial charge < -0.3 is 4.90 Å². The number of ketones is 1. The Balaban J connectivity index is 1.95. The number of benzene rings is 1. The topological polar surface area (TPSA) is 20.3 Å². The minimum atomic E-state index is 0.107. The zero-order valence-electron chi connectivity index (χ0n) is 11.5. The molecule has 1 saturated heterocycles. The lowest BCUT2D eigenvalue weighted by atomic mass is 9.97. The first-order valence-corrected chi connectivity index (χ1v) is 7.06. The van der Waals surface area contributed by atoms with Gasteiger partial charge in [-0.25, -0.2) is 0 Å². The Kier molecular flexibility index (Phi) is 4.54. The largest absolute Gasteiger partial charge is 0.303 e. The minimum Gasteiger partial charge on any atom is -0.303 e. The average molecular weight is 245 g/mol. The van der Waals surface area contributed by atoms with Crippen LogP contribution in [-0.4, -0.2) is 30.3 Å². The average Bonchev–Trinajstić information content (AvgIpc) is 2.91. The van der Waals surface area contributed by atoms with Crippen LogP contribution in [0, 0.1) is 5.92 Å². The van der Waals surface area contributed by atoms with Gasteiger partial charge in [-0.1, -0.05) is 38.1 Å². The maximum absolute atomic E-state index is 12.3. The summed E-state index contributed by atoms with van der Waals surface area (Å²) in [5.74, 6) is 0.389. The van der Waals surface area contributed by atoms with Crippen LogP contribution < -0.4 is 0 Å². The monoisotopic (exact) mass is 245 g/mol. The van der Waals surface area contributed by atoms with E-state index >= 15 is 0 Å². The summed E-state index contributed by atoms with van der Waals surface area (Å²) >= 11 is 0. The van der Waals surface area contributed by atoms with Gasteiger partial charge in [-0.15, -0.1) is 0 Å². The molecule has 98 valence electrons. The summed E-state index contributed by atoms with van der Waals surface area (Å²) in [6.07, 6.45) is 3.59. The molecule has 0 radical (unpaired) electrons. The number of aryl methyl sites for hydroxylation is 1. The maximum Gasteiger partial charge on any atom is 0.166 e. The van der Waals surface area contributed by atoms with Crippen molar-refractivity contribution in [2.24, 2.45) is 5.92 Å². The fraction of sp³-hybridized carbons (Fsp3) is 0.562. The summed E-state index contributed by atoms with van der Waals surface area (Å²) in [6, 6.07) is 8.08. The Morgan fingerprint density at radius 2 is 1.83 bits per heavy atom. The first-order chi connectivity index (χ1) is 8.70. The SMILES string of the molecule is CCc1ccc(C(=O)[C@@H](C)CN2CCCC2)cc1. The highest BCUT2D eigenvalue weighted by Crippen LogP contribution is 2.15. The second-order valence-corrected chi connectivity index (χ2v) is 5.32. The first-order valence-electron chi connectivity index (χ1n) is 7.06. The third-order valence-corrected chi connectivity index (χ3v) is 3.83. The van der Waals surface area contributed by atoms with Crippen LogP contribution in [0.1, 0.15) is 42.6 Å². The highest BCUT2D eigenvalue weighted by Gasteiger charge is 2.20. The lowest BCUT2D eigenvalue weighted by Gasteiger charge is -2.19. The predicted molar refractivity (Wildman–Crippen MR) is 75.0 cm³/mol. The van der Waals surface area contributed by atoms with Crippen molar-refractivity contribution in [1.29, 1.82) is 0 Å². The summed E-state index contributed by atoms with van der Waals surface area (Å²) in [7, 11) is 0. The van der Waals surface area contributed by atoms with Crippen LogP contribution in [0.3, 0.4) is 0 Å². The fourth-order valence-electron chi connectivity index (χ4n) is 2.62. The second kappa shape index (κ2) is 6.14. The van der Waals surface area contributed by atoms with Crippen molar-refractivity contribution in [3.63, 3.8) is 0 Å². The predicted octanol–water partition coefficient (Wildman–Crippen LogP) is 3.16. The van der Waals surface area contributed by atoms with Gasteiger partial charge in [0.1, 0.15) is 0 Å². The van der Waals surface area contributed by atoms with E-state index in [1.54, 1.807) is 0 Å². The molecule has 1 atom stereocenters. The van der Waals surface area contributed by atoms with Crippen molar-refractivity contribution in [2.75, 3.05) is 19.6 Å². The Labute approximate surface area is 110 Å². The number of likely N-dealkylation sites (tertiary alicyclic amines) is 1. The van der Waals surface area contributed by atoms with Crippen molar-refractivity contribution >= 4 is 5.78 Å². The van der Waals surface area contributed by atoms with E-state index in [0.29, 0.717) is 0 Å². The van der Waals surface area contributed by atoms with E-state index in [1.807, 2.05) is 19.1 Å². The summed E-state index contributed by atoms with van der Waals surface area (Å²) in [5, 5.41) is 0. The molecule has 1 heterocycles. The number of hydrogen-bond acceptors (Lipinski definition) is 2. The molecule has 2 rings (SSSR count). The van der Waals surface area contributed by atoms with E-state index in [9.17, 15) is 4.79 Å². The molecule has 0 aliphatic carbocycles. The van der Waals surface area contributed by atoms with E-state index in [4.69, 9.17) is 0 Å². The minimum absolute atomic E-state index is 0.107. The fourth-order valence-corrected chi connectivity index (χ4v) is 2.62. The summed E-state index contributed by atoms with van der Waals surface area (Å²) in [5.41, 5.74) is 2.15. The molecular weight excluding hydrogens is 222 g/mol. The molecule has 0 bridgehead atoms. The summed E-state index contributed by atoms with van der Waals surface area (Å²) < 4.78 is 0. The van der Waals surface area contributed by atoms with Crippen LogP contribution >= 0.6 is 0 Å². The molecule has 1 aromatic rings. The normalized spacial score (nSPS) is 17.9. The smallest absolute Gasteiger partial charge is 0.166 e. The van der Waals surface area contributed by atoms with E-state index < -0.39 is 0 Å². The van der Waals surface area contributed by atoms with E-state index in [0.717, 1.165) is 31.6 Å². The maximum atomic E-state index is 12.3. The van der Waals surface area contributed by atoms with Gasteiger partial charge in [0.05, 0.1) is 0 Å². The summed E-state index contributed by atoms with van der Waals surface area (Å²) in [6.45, 7) is 7.41. The highest BCUT2D eigenvalue weighted by atomic mass is 16.1. The highest BCUT2D eigenvalue weighted by molar-refractivity contribution is 5.97. The van der Waals surface area contributed by atoms with Crippen LogP contribution in [0.15, 0.2) is 24.3 Å². The molecule has 2 nitrogen and oxygen atoms in total. The molecule has 1 aliphatic rings. The first kappa shape index (κ1) is 13.3. The van der Waals surface area contributed by atoms with Gasteiger partial charge in [0, 0.05) is 18.0 Å². The third-order valence-electron chi connectivity index (χ3n) is 3.83. The number of carbonyl (C=O) groups excluding carboxylic acids is 1. The van der Waals surface area contributed by atoms with E-state index in [1.165, 1.54) is 18.4 Å². The molecule has 0 amide bonds. The molecular formula is C16H23NO. The molecule has 0 N–H and O–H groups in total. The number of nitrogens with zero attached hydrogens (tertiary/aromatic N) is 1. The quantitative estimate of drug-likeness (QED) is 0.743. The van der Waals surface area contributed by atoms with Crippen molar-refractivity contribution in [1.82, 2.24) is 4.90 Å². The molecule has 18 heavy (non-hydrogen) atoms. The van der Waals surface area contributed by atoms with Gasteiger partial charge >= 0.3 is 0 Å². The second-order valence-electron chi connectivity index (χ2n) is 5.32. The molecule has 0 saturated carbocycles. The van der Waals surface area contributed by atoms with Crippen LogP contribution in [0.2, 0.25) is 0 Å². The van der Waals surface area contributed by atoms with Crippen molar-refractivity contribution in [2.45, 2.75) is 33.1 Å². The van der Waals surface area contributed by atoms with Crippen LogP contribution in [0.25, 0.3) is 0 Å². The van der Waals surface area contributed by atoms with Crippen LogP contribution in [0.4, 0.5) is 0 Å². The van der Waals surface area contributed by atoms with Gasteiger partial charge in [-0.05, 0) is 37.9 Å². The Morgan fingerprint density at radius 1 is 1.22 bits per heavy atom. The van der Waals surface area contributed by atoms with Gasteiger partial charge in [0.15, 0.2) is 5.78 Å². The molecule has 1 fully saturated rings. The Morgan fingerprint density at radius 3 is 2.39 bits per heavy atom. The van der Waals surface area contributed by atoms with Gasteiger partial charge in [-0.3, -0.25) is 4.79 Å². The Bertz CT molecular complexity index is 390. The van der Waals surface area contributed by atoms with E-state index in [-0.39, 0.29) is 11.7 Å². The molecule has 1 aromatic carbocycles. The van der Waals surface area contributed by atoms with Gasteiger partial charge in [-0.2, -0.15) is 0 Å². The molecule has 1 aliphatic heterocycles. The van der Waals surface area contributed by atoms with E-state index in [2.05, 4.69) is 24.0 Å². The zero-order chi connectivity index (χ0) is 13.0. The molecule has 0 aromatic heterocycles. The number of Topliss-reactive ketones (excluding diaryl/α,β-unsaturated/α-hetero) is 1. The third kappa shape index (κ3) is 3.20. The molecule has 0 spiro atoms. The summed E-state index contributed by atoms with van der Waals surface area (Å²) in [4.78, 5) is 14.7. The van der Waals surface area contributed by atoms with Crippen molar-refractivity contribution in [3.05, 3.63) is 35.4 Å². The number of hydrogen-bond donors (Lipinski definition) is 0. The van der Waals surface area contributed by atoms with Crippen LogP contribution in [-0.2, 0) is 6.42 Å². The molecule has 0 unspecified atom stereocenters. The van der Waals surface area contributed by atoms with Gasteiger partial charge in [0.25, 0.3) is 0 Å². The zero-order valence-corrected chi connectivity index (χ0v) is 11.5. The Hall–Kier alpha value is -1.15.